The third-order valence-corrected chi connectivity index (χ3v) is 6.68. The summed E-state index contributed by atoms with van der Waals surface area (Å²) in [6, 6.07) is 19.1. The van der Waals surface area contributed by atoms with Gasteiger partial charge >= 0.3 is 0 Å². The Morgan fingerprint density at radius 1 is 0.921 bits per heavy atom. The summed E-state index contributed by atoms with van der Waals surface area (Å²) < 4.78 is 16.3. The molecule has 1 amide bonds. The molecule has 1 fully saturated rings. The average Bonchev–Trinajstić information content (AvgIpc) is 3.18. The number of rotatable bonds is 9. The number of nitrogens with zero attached hydrogens (tertiary/aromatic N) is 1. The minimum Gasteiger partial charge on any atom is -0.507 e. The largest absolute Gasteiger partial charge is 0.507 e. The van der Waals surface area contributed by atoms with Gasteiger partial charge in [0.15, 0.2) is 0 Å². The van der Waals surface area contributed by atoms with E-state index < -0.39 is 17.7 Å². The number of methoxy groups -OCH3 is 2. The van der Waals surface area contributed by atoms with Gasteiger partial charge in [-0.05, 0) is 72.0 Å². The van der Waals surface area contributed by atoms with Gasteiger partial charge in [0.1, 0.15) is 23.0 Å². The molecule has 1 atom stereocenters. The van der Waals surface area contributed by atoms with Crippen molar-refractivity contribution in [2.24, 2.45) is 0 Å². The number of hydrogen-bond donors (Lipinski definition) is 1. The third kappa shape index (κ3) is 5.23. The van der Waals surface area contributed by atoms with Gasteiger partial charge < -0.3 is 24.2 Å². The number of carbonyl (C=O) groups excluding carboxylic acids is 2. The first-order valence-corrected chi connectivity index (χ1v) is 12.6. The molecule has 1 heterocycles. The van der Waals surface area contributed by atoms with Gasteiger partial charge in [0.05, 0.1) is 32.4 Å². The van der Waals surface area contributed by atoms with E-state index in [0.717, 1.165) is 16.9 Å². The van der Waals surface area contributed by atoms with Crippen LogP contribution in [-0.2, 0) is 16.1 Å². The Morgan fingerprint density at radius 3 is 2.16 bits per heavy atom. The molecule has 0 bridgehead atoms. The van der Waals surface area contributed by atoms with Crippen LogP contribution in [0.1, 0.15) is 55.0 Å². The molecule has 1 saturated heterocycles. The molecule has 0 aliphatic carbocycles. The van der Waals surface area contributed by atoms with Crippen LogP contribution in [0.5, 0.6) is 17.2 Å². The number of hydrogen-bond acceptors (Lipinski definition) is 6. The first-order valence-electron chi connectivity index (χ1n) is 12.6. The smallest absolute Gasteiger partial charge is 0.295 e. The Labute approximate surface area is 223 Å². The van der Waals surface area contributed by atoms with Gasteiger partial charge in [0.25, 0.3) is 11.7 Å². The van der Waals surface area contributed by atoms with Crippen molar-refractivity contribution in [3.8, 4) is 17.2 Å². The Kier molecular flexibility index (Phi) is 8.05. The lowest BCUT2D eigenvalue weighted by molar-refractivity contribution is -0.140. The topological polar surface area (TPSA) is 85.3 Å². The van der Waals surface area contributed by atoms with Crippen LogP contribution in [0.2, 0.25) is 0 Å². The highest BCUT2D eigenvalue weighted by atomic mass is 16.5. The van der Waals surface area contributed by atoms with Crippen molar-refractivity contribution in [3.05, 3.63) is 94.6 Å². The van der Waals surface area contributed by atoms with E-state index in [4.69, 9.17) is 14.2 Å². The Bertz CT molecular complexity index is 1340. The van der Waals surface area contributed by atoms with Gasteiger partial charge in [-0.1, -0.05) is 38.1 Å². The van der Waals surface area contributed by atoms with Crippen molar-refractivity contribution in [1.82, 2.24) is 4.90 Å². The molecule has 0 saturated carbocycles. The zero-order chi connectivity index (χ0) is 27.4. The summed E-state index contributed by atoms with van der Waals surface area (Å²) in [5.41, 5.74) is 2.91. The SMILES string of the molecule is CCOc1ccc(CN2C(=O)C(=O)/C(=C(\O)c3ccc(OC)c(C(C)C)c3)C2c2ccc(OC)cc2)cc1. The number of ether oxygens (including phenoxy) is 3. The molecular weight excluding hydrogens is 482 g/mol. The standard InChI is InChI=1S/C31H33NO6/c1-6-38-24-12-7-20(8-13-24)18-32-28(21-9-14-23(36-4)15-10-21)27(30(34)31(32)35)29(33)22-11-16-26(37-5)25(17-22)19(2)3/h7-17,19,28,33H,6,18H2,1-5H3/b29-27-. The van der Waals surface area contributed by atoms with Gasteiger partial charge in [0.2, 0.25) is 0 Å². The molecule has 1 aliphatic heterocycles. The third-order valence-electron chi connectivity index (χ3n) is 6.68. The normalized spacial score (nSPS) is 16.7. The zero-order valence-electron chi connectivity index (χ0n) is 22.4. The molecule has 0 spiro atoms. The van der Waals surface area contributed by atoms with Gasteiger partial charge in [-0.15, -0.1) is 0 Å². The van der Waals surface area contributed by atoms with Crippen molar-refractivity contribution >= 4 is 17.4 Å². The molecule has 7 heteroatoms. The van der Waals surface area contributed by atoms with Crippen LogP contribution in [-0.4, -0.2) is 42.5 Å². The van der Waals surface area contributed by atoms with E-state index in [0.29, 0.717) is 29.2 Å². The van der Waals surface area contributed by atoms with E-state index in [1.54, 1.807) is 50.6 Å². The van der Waals surface area contributed by atoms with Crippen LogP contribution >= 0.6 is 0 Å². The Hall–Kier alpha value is -4.26. The van der Waals surface area contributed by atoms with Crippen molar-refractivity contribution in [2.75, 3.05) is 20.8 Å². The molecule has 198 valence electrons. The van der Waals surface area contributed by atoms with Crippen LogP contribution in [0.4, 0.5) is 0 Å². The number of Topliss-reactive ketones (excluding diaryl/α,β-unsaturated/α-hetero) is 1. The Balaban J connectivity index is 1.82. The summed E-state index contributed by atoms with van der Waals surface area (Å²) in [7, 11) is 3.17. The molecule has 38 heavy (non-hydrogen) atoms. The highest BCUT2D eigenvalue weighted by Crippen LogP contribution is 2.41. The maximum atomic E-state index is 13.4. The summed E-state index contributed by atoms with van der Waals surface area (Å²) in [5.74, 6) is 0.578. The maximum Gasteiger partial charge on any atom is 0.295 e. The lowest BCUT2D eigenvalue weighted by atomic mass is 9.93. The van der Waals surface area contributed by atoms with Crippen LogP contribution in [0, 0.1) is 0 Å². The number of amides is 1. The molecule has 7 nitrogen and oxygen atoms in total. The number of aliphatic hydroxyl groups excluding tert-OH is 1. The molecule has 0 radical (unpaired) electrons. The number of aliphatic hydroxyl groups is 1. The van der Waals surface area contributed by atoms with E-state index in [9.17, 15) is 14.7 Å². The fraction of sp³-hybridized carbons (Fsp3) is 0.290. The Morgan fingerprint density at radius 2 is 1.58 bits per heavy atom. The molecule has 0 aromatic heterocycles. The fourth-order valence-corrected chi connectivity index (χ4v) is 4.72. The number of ketones is 1. The van der Waals surface area contributed by atoms with Crippen LogP contribution in [0.25, 0.3) is 5.76 Å². The number of benzene rings is 3. The second kappa shape index (κ2) is 11.4. The lowest BCUT2D eigenvalue weighted by Gasteiger charge is -2.26. The molecule has 3 aromatic carbocycles. The average molecular weight is 516 g/mol. The van der Waals surface area contributed by atoms with Crippen molar-refractivity contribution in [3.63, 3.8) is 0 Å². The van der Waals surface area contributed by atoms with Crippen molar-refractivity contribution in [2.45, 2.75) is 39.3 Å². The second-order valence-electron chi connectivity index (χ2n) is 9.39. The summed E-state index contributed by atoms with van der Waals surface area (Å²) in [6.07, 6.45) is 0. The van der Waals surface area contributed by atoms with E-state index in [1.165, 1.54) is 4.90 Å². The molecule has 1 aliphatic rings. The summed E-state index contributed by atoms with van der Waals surface area (Å²) in [4.78, 5) is 28.3. The van der Waals surface area contributed by atoms with Gasteiger partial charge in [-0.25, -0.2) is 0 Å². The first-order chi connectivity index (χ1) is 18.3. The zero-order valence-corrected chi connectivity index (χ0v) is 22.4. The molecule has 3 aromatic rings. The van der Waals surface area contributed by atoms with Crippen molar-refractivity contribution < 1.29 is 28.9 Å². The number of likely N-dealkylation sites (tertiary alicyclic amines) is 1. The summed E-state index contributed by atoms with van der Waals surface area (Å²) >= 11 is 0. The predicted octanol–water partition coefficient (Wildman–Crippen LogP) is 5.85. The predicted molar refractivity (Wildman–Crippen MR) is 146 cm³/mol. The monoisotopic (exact) mass is 515 g/mol. The first kappa shape index (κ1) is 26.8. The van der Waals surface area contributed by atoms with E-state index in [1.807, 2.05) is 51.1 Å². The van der Waals surface area contributed by atoms with E-state index >= 15 is 0 Å². The fourth-order valence-electron chi connectivity index (χ4n) is 4.72. The van der Waals surface area contributed by atoms with Crippen LogP contribution < -0.4 is 14.2 Å². The van der Waals surface area contributed by atoms with Crippen LogP contribution in [0.3, 0.4) is 0 Å². The molecule has 1 N–H and O–H groups in total. The minimum absolute atomic E-state index is 0.0472. The van der Waals surface area contributed by atoms with E-state index in [2.05, 4.69) is 0 Å². The minimum atomic E-state index is -0.780. The van der Waals surface area contributed by atoms with Gasteiger partial charge in [0, 0.05) is 12.1 Å². The second-order valence-corrected chi connectivity index (χ2v) is 9.39. The van der Waals surface area contributed by atoms with E-state index in [-0.39, 0.29) is 23.8 Å². The highest BCUT2D eigenvalue weighted by Gasteiger charge is 2.46. The van der Waals surface area contributed by atoms with Gasteiger partial charge in [-0.3, -0.25) is 9.59 Å². The lowest BCUT2D eigenvalue weighted by Crippen LogP contribution is -2.29. The van der Waals surface area contributed by atoms with Crippen LogP contribution in [0.15, 0.2) is 72.3 Å². The molecular formula is C31H33NO6. The van der Waals surface area contributed by atoms with Crippen molar-refractivity contribution in [1.29, 1.82) is 0 Å². The highest BCUT2D eigenvalue weighted by molar-refractivity contribution is 6.46. The number of carbonyl (C=O) groups is 2. The maximum absolute atomic E-state index is 13.4. The van der Waals surface area contributed by atoms with Gasteiger partial charge in [-0.2, -0.15) is 0 Å². The quantitative estimate of drug-likeness (QED) is 0.219. The summed E-state index contributed by atoms with van der Waals surface area (Å²) in [6.45, 7) is 6.69. The molecule has 1 unspecified atom stereocenters. The molecule has 4 rings (SSSR count). The summed E-state index contributed by atoms with van der Waals surface area (Å²) in [5, 5.41) is 11.5.